The first-order valence-electron chi connectivity index (χ1n) is 6.92. The van der Waals surface area contributed by atoms with Gasteiger partial charge in [-0.05, 0) is 17.2 Å². The van der Waals surface area contributed by atoms with Gasteiger partial charge >= 0.3 is 0 Å². The number of para-hydroxylation sites is 1. The molecule has 0 spiro atoms. The minimum Gasteiger partial charge on any atom is -0.350 e. The number of hydrogen-bond acceptors (Lipinski definition) is 1. The van der Waals surface area contributed by atoms with Crippen molar-refractivity contribution in [3.8, 4) is 0 Å². The molecule has 0 radical (unpaired) electrons. The monoisotopic (exact) mass is 261 g/mol. The third kappa shape index (κ3) is 1.48. The van der Waals surface area contributed by atoms with Gasteiger partial charge in [-0.2, -0.15) is 0 Å². The van der Waals surface area contributed by atoms with E-state index >= 15 is 0 Å². The van der Waals surface area contributed by atoms with Crippen molar-refractivity contribution in [2.45, 2.75) is 12.3 Å². The molecule has 2 aromatic carbocycles. The Bertz CT molecular complexity index is 828. The van der Waals surface area contributed by atoms with Crippen LogP contribution in [0.5, 0.6) is 0 Å². The molecule has 1 aliphatic carbocycles. The highest BCUT2D eigenvalue weighted by atomic mass is 16.1. The number of ketones is 1. The Morgan fingerprint density at radius 3 is 2.65 bits per heavy atom. The Balaban J connectivity index is 1.96. The van der Waals surface area contributed by atoms with E-state index in [1.54, 1.807) is 0 Å². The van der Waals surface area contributed by atoms with E-state index in [-0.39, 0.29) is 11.7 Å². The molecule has 4 rings (SSSR count). The second-order valence-electron chi connectivity index (χ2n) is 5.48. The van der Waals surface area contributed by atoms with Crippen molar-refractivity contribution in [1.29, 1.82) is 0 Å². The van der Waals surface area contributed by atoms with Crippen LogP contribution in [0.15, 0.2) is 54.7 Å². The summed E-state index contributed by atoms with van der Waals surface area (Å²) in [7, 11) is 2.06. The highest BCUT2D eigenvalue weighted by Gasteiger charge is 2.31. The summed E-state index contributed by atoms with van der Waals surface area (Å²) in [5.41, 5.74) is 4.56. The summed E-state index contributed by atoms with van der Waals surface area (Å²) >= 11 is 0. The SMILES string of the molecule is Cn1cc(C2CC(=O)c3ccccc32)c2ccccc21. The van der Waals surface area contributed by atoms with Gasteiger partial charge in [0.25, 0.3) is 0 Å². The van der Waals surface area contributed by atoms with Crippen molar-refractivity contribution >= 4 is 16.7 Å². The number of Topliss-reactive ketones (excluding diaryl/α,β-unsaturated/α-hetero) is 1. The first-order chi connectivity index (χ1) is 9.75. The van der Waals surface area contributed by atoms with Gasteiger partial charge < -0.3 is 4.57 Å². The molecule has 0 N–H and O–H groups in total. The fourth-order valence-electron chi connectivity index (χ4n) is 3.39. The predicted octanol–water partition coefficient (Wildman–Crippen LogP) is 3.90. The van der Waals surface area contributed by atoms with Gasteiger partial charge in [-0.25, -0.2) is 0 Å². The maximum absolute atomic E-state index is 12.2. The highest BCUT2D eigenvalue weighted by Crippen LogP contribution is 2.41. The normalized spacial score (nSPS) is 17.6. The fraction of sp³-hybridized carbons (Fsp3) is 0.167. The number of aryl methyl sites for hydroxylation is 1. The van der Waals surface area contributed by atoms with E-state index in [0.717, 1.165) is 5.56 Å². The van der Waals surface area contributed by atoms with Gasteiger partial charge in [0.1, 0.15) is 0 Å². The molecule has 2 nitrogen and oxygen atoms in total. The van der Waals surface area contributed by atoms with Gasteiger partial charge in [0.2, 0.25) is 0 Å². The molecule has 0 bridgehead atoms. The van der Waals surface area contributed by atoms with Gasteiger partial charge in [0, 0.05) is 42.0 Å². The van der Waals surface area contributed by atoms with E-state index in [9.17, 15) is 4.79 Å². The summed E-state index contributed by atoms with van der Waals surface area (Å²) in [6.45, 7) is 0. The van der Waals surface area contributed by atoms with E-state index in [4.69, 9.17) is 0 Å². The lowest BCUT2D eigenvalue weighted by Gasteiger charge is -2.09. The maximum Gasteiger partial charge on any atom is 0.164 e. The minimum atomic E-state index is 0.199. The predicted molar refractivity (Wildman–Crippen MR) is 80.2 cm³/mol. The Morgan fingerprint density at radius 2 is 1.75 bits per heavy atom. The number of nitrogens with zero attached hydrogens (tertiary/aromatic N) is 1. The Hall–Kier alpha value is -2.35. The zero-order valence-electron chi connectivity index (χ0n) is 11.3. The number of benzene rings is 2. The lowest BCUT2D eigenvalue weighted by atomic mass is 9.93. The second-order valence-corrected chi connectivity index (χ2v) is 5.48. The number of fused-ring (bicyclic) bond motifs is 2. The summed E-state index contributed by atoms with van der Waals surface area (Å²) < 4.78 is 2.15. The molecule has 1 atom stereocenters. The van der Waals surface area contributed by atoms with Crippen LogP contribution in [0.4, 0.5) is 0 Å². The molecule has 0 saturated heterocycles. The fourth-order valence-corrected chi connectivity index (χ4v) is 3.39. The summed E-state index contributed by atoms with van der Waals surface area (Å²) in [4.78, 5) is 12.2. The Kier molecular flexibility index (Phi) is 2.34. The van der Waals surface area contributed by atoms with Crippen molar-refractivity contribution in [2.24, 2.45) is 7.05 Å². The van der Waals surface area contributed by atoms with E-state index in [1.807, 2.05) is 18.2 Å². The average Bonchev–Trinajstić information content (AvgIpc) is 2.99. The van der Waals surface area contributed by atoms with Crippen LogP contribution in [0.2, 0.25) is 0 Å². The summed E-state index contributed by atoms with van der Waals surface area (Å²) in [5, 5.41) is 1.25. The number of carbonyl (C=O) groups excluding carboxylic acids is 1. The number of hydrogen-bond donors (Lipinski definition) is 0. The molecule has 1 heterocycles. The molecule has 3 aromatic rings. The molecule has 0 fully saturated rings. The molecule has 98 valence electrons. The van der Waals surface area contributed by atoms with Gasteiger partial charge in [-0.1, -0.05) is 42.5 Å². The summed E-state index contributed by atoms with van der Waals surface area (Å²) in [5.74, 6) is 0.461. The number of aromatic nitrogens is 1. The lowest BCUT2D eigenvalue weighted by Crippen LogP contribution is -1.95. The van der Waals surface area contributed by atoms with Crippen LogP contribution >= 0.6 is 0 Å². The van der Waals surface area contributed by atoms with Crippen molar-refractivity contribution < 1.29 is 4.79 Å². The smallest absolute Gasteiger partial charge is 0.164 e. The van der Waals surface area contributed by atoms with E-state index in [1.165, 1.54) is 22.0 Å². The Morgan fingerprint density at radius 1 is 1.00 bits per heavy atom. The van der Waals surface area contributed by atoms with Crippen molar-refractivity contribution in [1.82, 2.24) is 4.57 Å². The third-order valence-electron chi connectivity index (χ3n) is 4.33. The molecular weight excluding hydrogens is 246 g/mol. The molecule has 0 aliphatic heterocycles. The molecule has 2 heteroatoms. The number of carbonyl (C=O) groups is 1. The first kappa shape index (κ1) is 11.5. The minimum absolute atomic E-state index is 0.199. The van der Waals surface area contributed by atoms with E-state index < -0.39 is 0 Å². The van der Waals surface area contributed by atoms with E-state index in [0.29, 0.717) is 6.42 Å². The molecule has 20 heavy (non-hydrogen) atoms. The zero-order valence-corrected chi connectivity index (χ0v) is 11.3. The van der Waals surface area contributed by atoms with Gasteiger partial charge in [-0.15, -0.1) is 0 Å². The van der Waals surface area contributed by atoms with Crippen LogP contribution in [0.3, 0.4) is 0 Å². The number of rotatable bonds is 1. The molecule has 1 aliphatic rings. The first-order valence-corrected chi connectivity index (χ1v) is 6.92. The summed E-state index contributed by atoms with van der Waals surface area (Å²) in [6.07, 6.45) is 2.76. The van der Waals surface area contributed by atoms with Gasteiger partial charge in [0.15, 0.2) is 5.78 Å². The zero-order chi connectivity index (χ0) is 13.7. The molecule has 0 amide bonds. The van der Waals surface area contributed by atoms with Crippen LogP contribution in [0, 0.1) is 0 Å². The second kappa shape index (κ2) is 4.07. The van der Waals surface area contributed by atoms with Crippen LogP contribution < -0.4 is 0 Å². The van der Waals surface area contributed by atoms with Gasteiger partial charge in [-0.3, -0.25) is 4.79 Å². The van der Waals surface area contributed by atoms with E-state index in [2.05, 4.69) is 48.1 Å². The molecular formula is C18H15NO. The van der Waals surface area contributed by atoms with Crippen molar-refractivity contribution in [2.75, 3.05) is 0 Å². The highest BCUT2D eigenvalue weighted by molar-refractivity contribution is 6.02. The van der Waals surface area contributed by atoms with Crippen LogP contribution in [-0.2, 0) is 7.05 Å². The van der Waals surface area contributed by atoms with Crippen molar-refractivity contribution in [3.63, 3.8) is 0 Å². The lowest BCUT2D eigenvalue weighted by molar-refractivity contribution is 0.0991. The van der Waals surface area contributed by atoms with Crippen molar-refractivity contribution in [3.05, 3.63) is 71.4 Å². The standard InChI is InChI=1S/C18H15NO/c1-19-11-16(13-7-4-5-9-17(13)19)15-10-18(20)14-8-3-2-6-12(14)15/h2-9,11,15H,10H2,1H3. The largest absolute Gasteiger partial charge is 0.350 e. The van der Waals surface area contributed by atoms with Gasteiger partial charge in [0.05, 0.1) is 0 Å². The molecule has 1 unspecified atom stereocenters. The summed E-state index contributed by atoms with van der Waals surface area (Å²) in [6, 6.07) is 16.4. The Labute approximate surface area is 117 Å². The molecule has 0 saturated carbocycles. The van der Waals surface area contributed by atoms with Crippen LogP contribution in [0.1, 0.15) is 33.8 Å². The third-order valence-corrected chi connectivity index (χ3v) is 4.33. The van der Waals surface area contributed by atoms with Crippen LogP contribution in [-0.4, -0.2) is 10.4 Å². The molecule has 1 aromatic heterocycles. The maximum atomic E-state index is 12.2. The average molecular weight is 261 g/mol. The van der Waals surface area contributed by atoms with Crippen LogP contribution in [0.25, 0.3) is 10.9 Å². The quantitative estimate of drug-likeness (QED) is 0.651. The topological polar surface area (TPSA) is 22.0 Å².